The molecule has 0 fully saturated rings. The van der Waals surface area contributed by atoms with Crippen molar-refractivity contribution in [2.24, 2.45) is 0 Å². The van der Waals surface area contributed by atoms with E-state index in [2.05, 4.69) is 4.74 Å². The largest absolute Gasteiger partial charge is 0.497 e. The Balaban J connectivity index is 2.59. The summed E-state index contributed by atoms with van der Waals surface area (Å²) in [5.41, 5.74) is 0.612. The molecule has 98 valence electrons. The molecule has 0 aromatic heterocycles. The van der Waals surface area contributed by atoms with Crippen LogP contribution in [0.4, 0.5) is 0 Å². The first-order valence-corrected chi connectivity index (χ1v) is 6.50. The highest BCUT2D eigenvalue weighted by atomic mass is 32.2. The van der Waals surface area contributed by atoms with E-state index in [-0.39, 0.29) is 22.8 Å². The fraction of sp³-hybridized carbons (Fsp3) is 0.385. The summed E-state index contributed by atoms with van der Waals surface area (Å²) in [5, 5.41) is -0.280. The number of Topliss-reactive ketones (excluding diaryl/α,β-unsaturated/α-hetero) is 1. The Morgan fingerprint density at radius 1 is 1.22 bits per heavy atom. The summed E-state index contributed by atoms with van der Waals surface area (Å²) in [5.74, 6) is 0.557. The molecule has 0 aliphatic carbocycles. The topological polar surface area (TPSA) is 52.6 Å². The van der Waals surface area contributed by atoms with Gasteiger partial charge in [0, 0.05) is 5.56 Å². The van der Waals surface area contributed by atoms with Crippen LogP contribution >= 0.6 is 11.8 Å². The Labute approximate surface area is 111 Å². The van der Waals surface area contributed by atoms with Crippen molar-refractivity contribution in [3.63, 3.8) is 0 Å². The van der Waals surface area contributed by atoms with Gasteiger partial charge in [-0.15, -0.1) is 11.8 Å². The number of hydrogen-bond acceptors (Lipinski definition) is 5. The van der Waals surface area contributed by atoms with Crippen LogP contribution in [0.15, 0.2) is 24.3 Å². The van der Waals surface area contributed by atoms with Gasteiger partial charge < -0.3 is 9.47 Å². The highest BCUT2D eigenvalue weighted by Crippen LogP contribution is 2.18. The van der Waals surface area contributed by atoms with Gasteiger partial charge in [-0.05, 0) is 31.2 Å². The van der Waals surface area contributed by atoms with Gasteiger partial charge in [0.1, 0.15) is 5.75 Å². The van der Waals surface area contributed by atoms with Gasteiger partial charge in [0.25, 0.3) is 0 Å². The SMILES string of the molecule is COC(=O)CSC(C)C(=O)c1ccc(OC)cc1. The van der Waals surface area contributed by atoms with Gasteiger partial charge in [-0.3, -0.25) is 9.59 Å². The minimum Gasteiger partial charge on any atom is -0.497 e. The van der Waals surface area contributed by atoms with Crippen LogP contribution in [0.1, 0.15) is 17.3 Å². The molecule has 5 heteroatoms. The van der Waals surface area contributed by atoms with Gasteiger partial charge in [0.2, 0.25) is 0 Å². The van der Waals surface area contributed by atoms with E-state index in [9.17, 15) is 9.59 Å². The number of thioether (sulfide) groups is 1. The molecular formula is C13H16O4S. The van der Waals surface area contributed by atoms with Crippen LogP contribution in [0.3, 0.4) is 0 Å². The average Bonchev–Trinajstić information content (AvgIpc) is 2.43. The van der Waals surface area contributed by atoms with Gasteiger partial charge in [0.05, 0.1) is 25.2 Å². The number of benzene rings is 1. The molecule has 0 N–H and O–H groups in total. The van der Waals surface area contributed by atoms with Crippen molar-refractivity contribution in [2.75, 3.05) is 20.0 Å². The Bertz CT molecular complexity index is 414. The molecule has 0 aliphatic heterocycles. The number of carbonyl (C=O) groups is 2. The Morgan fingerprint density at radius 2 is 1.83 bits per heavy atom. The maximum atomic E-state index is 12.0. The second-order valence-electron chi connectivity index (χ2n) is 3.62. The highest BCUT2D eigenvalue weighted by Gasteiger charge is 2.17. The predicted octanol–water partition coefficient (Wildman–Crippen LogP) is 2.17. The molecule has 0 heterocycles. The van der Waals surface area contributed by atoms with Gasteiger partial charge in [-0.25, -0.2) is 0 Å². The monoisotopic (exact) mass is 268 g/mol. The minimum atomic E-state index is -0.325. The number of methoxy groups -OCH3 is 2. The molecule has 0 saturated carbocycles. The summed E-state index contributed by atoms with van der Waals surface area (Å²) in [6.45, 7) is 1.78. The number of rotatable bonds is 6. The van der Waals surface area contributed by atoms with E-state index < -0.39 is 0 Å². The first-order chi connectivity index (χ1) is 8.58. The molecule has 0 radical (unpaired) electrons. The second-order valence-corrected chi connectivity index (χ2v) is 4.95. The maximum Gasteiger partial charge on any atom is 0.315 e. The third-order valence-electron chi connectivity index (χ3n) is 2.42. The maximum absolute atomic E-state index is 12.0. The van der Waals surface area contributed by atoms with Crippen LogP contribution in [-0.2, 0) is 9.53 Å². The van der Waals surface area contributed by atoms with Gasteiger partial charge in [-0.2, -0.15) is 0 Å². The number of ketones is 1. The molecular weight excluding hydrogens is 252 g/mol. The zero-order valence-electron chi connectivity index (χ0n) is 10.6. The van der Waals surface area contributed by atoms with E-state index >= 15 is 0 Å². The summed E-state index contributed by atoms with van der Waals surface area (Å²) in [4.78, 5) is 23.0. The van der Waals surface area contributed by atoms with Crippen molar-refractivity contribution in [2.45, 2.75) is 12.2 Å². The molecule has 0 spiro atoms. The third kappa shape index (κ3) is 4.07. The number of hydrogen-bond donors (Lipinski definition) is 0. The minimum absolute atomic E-state index is 0.00782. The van der Waals surface area contributed by atoms with E-state index in [1.165, 1.54) is 18.9 Å². The molecule has 1 atom stereocenters. The van der Waals surface area contributed by atoms with Crippen LogP contribution in [-0.4, -0.2) is 37.0 Å². The molecule has 18 heavy (non-hydrogen) atoms. The smallest absolute Gasteiger partial charge is 0.315 e. The first-order valence-electron chi connectivity index (χ1n) is 5.45. The molecule has 0 aliphatic rings. The zero-order chi connectivity index (χ0) is 13.5. The van der Waals surface area contributed by atoms with Crippen LogP contribution in [0.25, 0.3) is 0 Å². The van der Waals surface area contributed by atoms with Crippen LogP contribution < -0.4 is 4.74 Å². The Hall–Kier alpha value is -1.49. The fourth-order valence-corrected chi connectivity index (χ4v) is 2.11. The van der Waals surface area contributed by atoms with Crippen molar-refractivity contribution in [1.82, 2.24) is 0 Å². The predicted molar refractivity (Wildman–Crippen MR) is 71.3 cm³/mol. The summed E-state index contributed by atoms with van der Waals surface area (Å²) >= 11 is 1.27. The van der Waals surface area contributed by atoms with Crippen molar-refractivity contribution >= 4 is 23.5 Å². The standard InChI is InChI=1S/C13H16O4S/c1-9(18-8-12(14)17-3)13(15)10-4-6-11(16-2)7-5-10/h4-7,9H,8H2,1-3H3. The van der Waals surface area contributed by atoms with Crippen molar-refractivity contribution in [3.05, 3.63) is 29.8 Å². The van der Waals surface area contributed by atoms with Gasteiger partial charge >= 0.3 is 5.97 Å². The van der Waals surface area contributed by atoms with E-state index in [4.69, 9.17) is 4.74 Å². The number of esters is 1. The lowest BCUT2D eigenvalue weighted by Crippen LogP contribution is -2.16. The molecule has 0 amide bonds. The van der Waals surface area contributed by atoms with Crippen molar-refractivity contribution < 1.29 is 19.1 Å². The van der Waals surface area contributed by atoms with Crippen LogP contribution in [0.2, 0.25) is 0 Å². The van der Waals surface area contributed by atoms with E-state index in [0.29, 0.717) is 11.3 Å². The number of carbonyl (C=O) groups excluding carboxylic acids is 2. The van der Waals surface area contributed by atoms with Crippen LogP contribution in [0.5, 0.6) is 5.75 Å². The zero-order valence-corrected chi connectivity index (χ0v) is 11.5. The van der Waals surface area contributed by atoms with Crippen molar-refractivity contribution in [1.29, 1.82) is 0 Å². The molecule has 1 aromatic rings. The molecule has 1 aromatic carbocycles. The molecule has 1 rings (SSSR count). The van der Waals surface area contributed by atoms with Crippen LogP contribution in [0, 0.1) is 0 Å². The Morgan fingerprint density at radius 3 is 2.33 bits per heavy atom. The molecule has 0 saturated heterocycles. The molecule has 4 nitrogen and oxygen atoms in total. The summed E-state index contributed by atoms with van der Waals surface area (Å²) in [7, 11) is 2.91. The van der Waals surface area contributed by atoms with E-state index in [1.807, 2.05) is 0 Å². The lowest BCUT2D eigenvalue weighted by atomic mass is 10.1. The summed E-state index contributed by atoms with van der Waals surface area (Å²) in [6.07, 6.45) is 0. The normalized spacial score (nSPS) is 11.7. The molecule has 1 unspecified atom stereocenters. The number of ether oxygens (including phenoxy) is 2. The highest BCUT2D eigenvalue weighted by molar-refractivity contribution is 8.01. The summed E-state index contributed by atoms with van der Waals surface area (Å²) in [6, 6.07) is 6.92. The first kappa shape index (κ1) is 14.6. The Kier molecular flexibility index (Phi) is 5.71. The molecule has 0 bridgehead atoms. The van der Waals surface area contributed by atoms with E-state index in [0.717, 1.165) is 0 Å². The van der Waals surface area contributed by atoms with Gasteiger partial charge in [-0.1, -0.05) is 0 Å². The average molecular weight is 268 g/mol. The fourth-order valence-electron chi connectivity index (χ4n) is 1.32. The van der Waals surface area contributed by atoms with E-state index in [1.54, 1.807) is 38.3 Å². The van der Waals surface area contributed by atoms with Gasteiger partial charge in [0.15, 0.2) is 5.78 Å². The third-order valence-corrected chi connectivity index (χ3v) is 3.54. The lowest BCUT2D eigenvalue weighted by molar-refractivity contribution is -0.137. The quantitative estimate of drug-likeness (QED) is 0.584. The summed E-state index contributed by atoms with van der Waals surface area (Å²) < 4.78 is 9.55. The lowest BCUT2D eigenvalue weighted by Gasteiger charge is -2.09. The second kappa shape index (κ2) is 7.06. The van der Waals surface area contributed by atoms with Crippen molar-refractivity contribution in [3.8, 4) is 5.75 Å².